The first-order valence-electron chi connectivity index (χ1n) is 3.95. The molecule has 1 fully saturated rings. The average molecular weight is 160 g/mol. The van der Waals surface area contributed by atoms with Gasteiger partial charge in [-0.05, 0) is 20.3 Å². The molecule has 0 aliphatic carbocycles. The van der Waals surface area contributed by atoms with Gasteiger partial charge in [-0.15, -0.1) is 0 Å². The molecule has 3 heteroatoms. The van der Waals surface area contributed by atoms with Crippen molar-refractivity contribution in [3.63, 3.8) is 0 Å². The van der Waals surface area contributed by atoms with Crippen LogP contribution in [0.25, 0.3) is 0 Å². The third kappa shape index (κ3) is 2.77. The molecule has 0 saturated carbocycles. The monoisotopic (exact) mass is 160 g/mol. The fraction of sp³-hybridized carbons (Fsp3) is 1.00. The molecule has 1 atom stereocenters. The van der Waals surface area contributed by atoms with E-state index in [4.69, 9.17) is 14.2 Å². The maximum absolute atomic E-state index is 5.55. The summed E-state index contributed by atoms with van der Waals surface area (Å²) in [5, 5.41) is 0. The second-order valence-electron chi connectivity index (χ2n) is 3.23. The van der Waals surface area contributed by atoms with Crippen LogP contribution < -0.4 is 0 Å². The van der Waals surface area contributed by atoms with Crippen molar-refractivity contribution in [2.24, 2.45) is 0 Å². The number of ether oxygens (including phenoxy) is 3. The van der Waals surface area contributed by atoms with E-state index in [2.05, 4.69) is 0 Å². The van der Waals surface area contributed by atoms with Gasteiger partial charge in [-0.3, -0.25) is 0 Å². The topological polar surface area (TPSA) is 27.7 Å². The van der Waals surface area contributed by atoms with Crippen LogP contribution in [0.1, 0.15) is 20.3 Å². The number of hydrogen-bond donors (Lipinski definition) is 0. The van der Waals surface area contributed by atoms with E-state index in [-0.39, 0.29) is 6.10 Å². The summed E-state index contributed by atoms with van der Waals surface area (Å²) in [5.41, 5.74) is 0. The quantitative estimate of drug-likeness (QED) is 0.620. The number of hydrogen-bond acceptors (Lipinski definition) is 3. The van der Waals surface area contributed by atoms with Gasteiger partial charge in [0.15, 0.2) is 5.79 Å². The van der Waals surface area contributed by atoms with Gasteiger partial charge in [-0.25, -0.2) is 0 Å². The Balaban J connectivity index is 2.20. The van der Waals surface area contributed by atoms with Crippen molar-refractivity contribution in [3.8, 4) is 0 Å². The van der Waals surface area contributed by atoms with Crippen LogP contribution in [-0.2, 0) is 14.2 Å². The van der Waals surface area contributed by atoms with Crippen molar-refractivity contribution in [3.05, 3.63) is 0 Å². The Hall–Kier alpha value is -0.120. The van der Waals surface area contributed by atoms with Crippen LogP contribution in [0.5, 0.6) is 0 Å². The molecule has 0 aromatic carbocycles. The first kappa shape index (κ1) is 8.97. The third-order valence-electron chi connectivity index (χ3n) is 1.71. The molecule has 0 aromatic rings. The van der Waals surface area contributed by atoms with Crippen molar-refractivity contribution >= 4 is 0 Å². The third-order valence-corrected chi connectivity index (χ3v) is 1.71. The second-order valence-corrected chi connectivity index (χ2v) is 3.23. The highest BCUT2D eigenvalue weighted by Crippen LogP contribution is 2.23. The molecule has 0 N–H and O–H groups in total. The van der Waals surface area contributed by atoms with Gasteiger partial charge in [0.05, 0.1) is 12.7 Å². The highest BCUT2D eigenvalue weighted by Gasteiger charge is 2.31. The Kier molecular flexibility index (Phi) is 2.87. The lowest BCUT2D eigenvalue weighted by Gasteiger charge is -2.16. The van der Waals surface area contributed by atoms with E-state index < -0.39 is 5.79 Å². The van der Waals surface area contributed by atoms with Gasteiger partial charge in [0.25, 0.3) is 0 Å². The summed E-state index contributed by atoms with van der Waals surface area (Å²) < 4.78 is 15.9. The van der Waals surface area contributed by atoms with Crippen LogP contribution >= 0.6 is 0 Å². The van der Waals surface area contributed by atoms with Crippen molar-refractivity contribution in [1.82, 2.24) is 0 Å². The summed E-state index contributed by atoms with van der Waals surface area (Å²) in [6.45, 7) is 5.29. The van der Waals surface area contributed by atoms with Crippen molar-refractivity contribution in [2.75, 3.05) is 20.3 Å². The van der Waals surface area contributed by atoms with Gasteiger partial charge in [-0.2, -0.15) is 0 Å². The summed E-state index contributed by atoms with van der Waals surface area (Å²) in [4.78, 5) is 0. The molecule has 11 heavy (non-hydrogen) atoms. The maximum Gasteiger partial charge on any atom is 0.163 e. The lowest BCUT2D eigenvalue weighted by Crippen LogP contribution is -2.21. The Labute approximate surface area is 67.6 Å². The minimum atomic E-state index is -0.390. The Morgan fingerprint density at radius 1 is 1.55 bits per heavy atom. The van der Waals surface area contributed by atoms with Crippen LogP contribution in [0.15, 0.2) is 0 Å². The van der Waals surface area contributed by atoms with Crippen LogP contribution in [0.2, 0.25) is 0 Å². The minimum absolute atomic E-state index is 0.213. The number of rotatable bonds is 3. The molecule has 1 heterocycles. The SMILES string of the molecule is COCC[C@@H]1COC(C)(C)O1. The van der Waals surface area contributed by atoms with E-state index in [1.165, 1.54) is 0 Å². The largest absolute Gasteiger partial charge is 0.385 e. The molecule has 1 aliphatic rings. The highest BCUT2D eigenvalue weighted by atomic mass is 16.7. The lowest BCUT2D eigenvalue weighted by atomic mass is 10.3. The molecule has 0 radical (unpaired) electrons. The van der Waals surface area contributed by atoms with E-state index in [0.29, 0.717) is 6.61 Å². The molecular weight excluding hydrogens is 144 g/mol. The number of methoxy groups -OCH3 is 1. The van der Waals surface area contributed by atoms with Crippen molar-refractivity contribution in [1.29, 1.82) is 0 Å². The molecule has 1 rings (SSSR count). The summed E-state index contributed by atoms with van der Waals surface area (Å²) in [6.07, 6.45) is 1.13. The van der Waals surface area contributed by atoms with Gasteiger partial charge >= 0.3 is 0 Å². The van der Waals surface area contributed by atoms with Crippen LogP contribution in [-0.4, -0.2) is 32.2 Å². The summed E-state index contributed by atoms with van der Waals surface area (Å²) >= 11 is 0. The minimum Gasteiger partial charge on any atom is -0.385 e. The molecular formula is C8H16O3. The molecule has 0 aromatic heterocycles. The summed E-state index contributed by atoms with van der Waals surface area (Å²) in [5.74, 6) is -0.390. The van der Waals surface area contributed by atoms with E-state index in [0.717, 1.165) is 13.0 Å². The Morgan fingerprint density at radius 2 is 2.27 bits per heavy atom. The zero-order chi connectivity index (χ0) is 8.32. The lowest BCUT2D eigenvalue weighted by molar-refractivity contribution is -0.140. The van der Waals surface area contributed by atoms with E-state index in [1.54, 1.807) is 7.11 Å². The Morgan fingerprint density at radius 3 is 2.73 bits per heavy atom. The molecule has 0 unspecified atom stereocenters. The molecule has 1 saturated heterocycles. The second kappa shape index (κ2) is 3.52. The summed E-state index contributed by atoms with van der Waals surface area (Å²) in [7, 11) is 1.70. The smallest absolute Gasteiger partial charge is 0.163 e. The predicted molar refractivity (Wildman–Crippen MR) is 41.4 cm³/mol. The van der Waals surface area contributed by atoms with Gasteiger partial charge in [0.2, 0.25) is 0 Å². The molecule has 0 spiro atoms. The van der Waals surface area contributed by atoms with E-state index in [1.807, 2.05) is 13.8 Å². The normalized spacial score (nSPS) is 29.2. The Bertz CT molecular complexity index is 123. The highest BCUT2D eigenvalue weighted by molar-refractivity contribution is 4.70. The van der Waals surface area contributed by atoms with Crippen molar-refractivity contribution in [2.45, 2.75) is 32.2 Å². The first-order chi connectivity index (χ1) is 5.14. The average Bonchev–Trinajstić information content (AvgIpc) is 2.26. The molecule has 3 nitrogen and oxygen atoms in total. The van der Waals surface area contributed by atoms with Gasteiger partial charge in [0.1, 0.15) is 0 Å². The predicted octanol–water partition coefficient (Wildman–Crippen LogP) is 1.17. The van der Waals surface area contributed by atoms with Crippen LogP contribution in [0.3, 0.4) is 0 Å². The van der Waals surface area contributed by atoms with E-state index >= 15 is 0 Å². The standard InChI is InChI=1S/C8H16O3/c1-8(2)10-6-7(11-8)4-5-9-3/h7H,4-6H2,1-3H3/t7-/m1/s1. The zero-order valence-electron chi connectivity index (χ0n) is 7.42. The first-order valence-corrected chi connectivity index (χ1v) is 3.95. The molecule has 66 valence electrons. The molecule has 0 amide bonds. The molecule has 0 bridgehead atoms. The maximum atomic E-state index is 5.55. The van der Waals surface area contributed by atoms with Gasteiger partial charge in [-0.1, -0.05) is 0 Å². The van der Waals surface area contributed by atoms with Crippen molar-refractivity contribution < 1.29 is 14.2 Å². The van der Waals surface area contributed by atoms with Crippen LogP contribution in [0, 0.1) is 0 Å². The van der Waals surface area contributed by atoms with Gasteiger partial charge in [0, 0.05) is 13.7 Å². The zero-order valence-corrected chi connectivity index (χ0v) is 7.42. The fourth-order valence-corrected chi connectivity index (χ4v) is 1.15. The van der Waals surface area contributed by atoms with Gasteiger partial charge < -0.3 is 14.2 Å². The fourth-order valence-electron chi connectivity index (χ4n) is 1.15. The van der Waals surface area contributed by atoms with Crippen LogP contribution in [0.4, 0.5) is 0 Å². The van der Waals surface area contributed by atoms with E-state index in [9.17, 15) is 0 Å². The molecule has 1 aliphatic heterocycles. The summed E-state index contributed by atoms with van der Waals surface area (Å²) in [6, 6.07) is 0.